The highest BCUT2D eigenvalue weighted by Crippen LogP contribution is 2.15. The van der Waals surface area contributed by atoms with E-state index in [1.54, 1.807) is 18.3 Å². The summed E-state index contributed by atoms with van der Waals surface area (Å²) in [6, 6.07) is 4.21. The Morgan fingerprint density at radius 1 is 1.04 bits per heavy atom. The molecule has 1 aliphatic heterocycles. The van der Waals surface area contributed by atoms with E-state index < -0.39 is 0 Å². The summed E-state index contributed by atoms with van der Waals surface area (Å²) < 4.78 is 5.24. The van der Waals surface area contributed by atoms with Crippen LogP contribution in [0.3, 0.4) is 0 Å². The molecule has 1 aliphatic rings. The normalized spacial score (nSPS) is 14.4. The Bertz CT molecular complexity index is 561. The number of anilines is 1. The molecule has 1 fully saturated rings. The van der Waals surface area contributed by atoms with Gasteiger partial charge in [-0.3, -0.25) is 9.69 Å². The van der Waals surface area contributed by atoms with Crippen LogP contribution in [0.5, 0.6) is 0 Å². The highest BCUT2D eigenvalue weighted by molar-refractivity contribution is 5.99. The zero-order valence-corrected chi connectivity index (χ0v) is 17.7. The fourth-order valence-electron chi connectivity index (χ4n) is 3.69. The predicted molar refractivity (Wildman–Crippen MR) is 116 cm³/mol. The van der Waals surface area contributed by atoms with E-state index in [2.05, 4.69) is 16.9 Å². The van der Waals surface area contributed by atoms with E-state index in [0.717, 1.165) is 26.1 Å². The molecule has 0 unspecified atom stereocenters. The molecule has 1 aromatic rings. The van der Waals surface area contributed by atoms with Crippen molar-refractivity contribution < 1.29 is 9.53 Å². The summed E-state index contributed by atoms with van der Waals surface area (Å²) in [6.45, 7) is 3.06. The van der Waals surface area contributed by atoms with Crippen LogP contribution >= 0.6 is 0 Å². The molecule has 0 aromatic carbocycles. The third-order valence-corrected chi connectivity index (χ3v) is 5.80. The van der Waals surface area contributed by atoms with Crippen LogP contribution in [0.4, 0.5) is 5.82 Å². The number of nitrogens with two attached hydrogens (primary N) is 1. The quantitative estimate of drug-likeness (QED) is 0.323. The fourth-order valence-corrected chi connectivity index (χ4v) is 3.69. The van der Waals surface area contributed by atoms with Gasteiger partial charge in [-0.05, 0) is 38.6 Å². The minimum Gasteiger partial charge on any atom is -0.383 e. The zero-order chi connectivity index (χ0) is 20.0. The number of hydrogen-bond acceptors (Lipinski definition) is 5. The number of unbranched alkanes of at least 4 members (excludes halogenated alkanes) is 10. The van der Waals surface area contributed by atoms with Gasteiger partial charge in [0, 0.05) is 12.6 Å². The number of Topliss-reactive ketones (excluding diaryl/α,β-unsaturated/α-hetero) is 1. The van der Waals surface area contributed by atoms with Crippen LogP contribution in [0.1, 0.15) is 87.4 Å². The van der Waals surface area contributed by atoms with Gasteiger partial charge in [-0.25, -0.2) is 4.98 Å². The maximum absolute atomic E-state index is 12.1. The molecule has 0 spiro atoms. The van der Waals surface area contributed by atoms with E-state index in [9.17, 15) is 4.79 Å². The summed E-state index contributed by atoms with van der Waals surface area (Å²) in [4.78, 5) is 18.5. The highest BCUT2D eigenvalue weighted by atomic mass is 16.5. The highest BCUT2D eigenvalue weighted by Gasteiger charge is 2.22. The molecule has 0 amide bonds. The molecule has 28 heavy (non-hydrogen) atoms. The Hall–Kier alpha value is -1.46. The number of carbonyl (C=O) groups is 1. The van der Waals surface area contributed by atoms with E-state index in [-0.39, 0.29) is 5.78 Å². The standard InChI is InChI=1S/C23H39N3O2/c1-26(20-18-28-19-20)17-12-10-8-6-4-2-3-5-7-9-11-15-22(27)21-14-13-16-25-23(21)24/h13-14,16,20H,2-12,15,17-19H2,1H3,(H2,24,25). The average Bonchev–Trinajstić information content (AvgIpc) is 2.64. The van der Waals surface area contributed by atoms with Gasteiger partial charge < -0.3 is 10.5 Å². The Balaban J connectivity index is 1.32. The van der Waals surface area contributed by atoms with Crippen molar-refractivity contribution in [3.05, 3.63) is 23.9 Å². The summed E-state index contributed by atoms with van der Waals surface area (Å²) in [5, 5.41) is 0. The minimum atomic E-state index is 0.123. The first kappa shape index (κ1) is 22.8. The predicted octanol–water partition coefficient (Wildman–Crippen LogP) is 4.86. The van der Waals surface area contributed by atoms with Crippen LogP contribution in [-0.4, -0.2) is 48.5 Å². The maximum Gasteiger partial charge on any atom is 0.166 e. The number of hydrogen-bond donors (Lipinski definition) is 1. The molecule has 0 saturated carbocycles. The van der Waals surface area contributed by atoms with Crippen LogP contribution in [0, 0.1) is 0 Å². The van der Waals surface area contributed by atoms with Crippen molar-refractivity contribution in [2.75, 3.05) is 32.5 Å². The number of rotatable bonds is 16. The minimum absolute atomic E-state index is 0.123. The van der Waals surface area contributed by atoms with E-state index in [1.807, 2.05) is 0 Å². The number of nitrogen functional groups attached to an aromatic ring is 1. The summed E-state index contributed by atoms with van der Waals surface area (Å²) in [6.07, 6.45) is 16.3. The first-order chi connectivity index (χ1) is 13.7. The molecule has 2 heterocycles. The van der Waals surface area contributed by atoms with E-state index in [4.69, 9.17) is 10.5 Å². The van der Waals surface area contributed by atoms with Gasteiger partial charge in [-0.15, -0.1) is 0 Å². The van der Waals surface area contributed by atoms with Crippen molar-refractivity contribution in [1.82, 2.24) is 9.88 Å². The third-order valence-electron chi connectivity index (χ3n) is 5.80. The molecule has 5 nitrogen and oxygen atoms in total. The molecule has 2 N–H and O–H groups in total. The van der Waals surface area contributed by atoms with Gasteiger partial charge in [0.05, 0.1) is 24.8 Å². The number of ether oxygens (including phenoxy) is 1. The molecule has 158 valence electrons. The molecule has 0 atom stereocenters. The topological polar surface area (TPSA) is 68.5 Å². The molecule has 5 heteroatoms. The fraction of sp³-hybridized carbons (Fsp3) is 0.739. The zero-order valence-electron chi connectivity index (χ0n) is 17.7. The lowest BCUT2D eigenvalue weighted by Crippen LogP contribution is -2.47. The largest absolute Gasteiger partial charge is 0.383 e. The van der Waals surface area contributed by atoms with Crippen LogP contribution in [0.2, 0.25) is 0 Å². The second-order valence-corrected chi connectivity index (χ2v) is 8.17. The van der Waals surface area contributed by atoms with Crippen molar-refractivity contribution in [2.45, 2.75) is 83.1 Å². The summed E-state index contributed by atoms with van der Waals surface area (Å²) in [7, 11) is 2.22. The molecule has 0 aliphatic carbocycles. The van der Waals surface area contributed by atoms with E-state index in [0.29, 0.717) is 23.8 Å². The lowest BCUT2D eigenvalue weighted by molar-refractivity contribution is -0.0562. The van der Waals surface area contributed by atoms with Crippen LogP contribution < -0.4 is 5.73 Å². The van der Waals surface area contributed by atoms with Crippen molar-refractivity contribution in [3.8, 4) is 0 Å². The number of likely N-dealkylation sites (N-methyl/N-ethyl adjacent to an activating group) is 1. The Morgan fingerprint density at radius 3 is 2.14 bits per heavy atom. The monoisotopic (exact) mass is 389 g/mol. The number of pyridine rings is 1. The van der Waals surface area contributed by atoms with Gasteiger partial charge in [0.15, 0.2) is 5.78 Å². The summed E-state index contributed by atoms with van der Waals surface area (Å²) in [5.41, 5.74) is 6.33. The van der Waals surface area contributed by atoms with E-state index in [1.165, 1.54) is 64.3 Å². The van der Waals surface area contributed by atoms with Crippen molar-refractivity contribution >= 4 is 11.6 Å². The first-order valence-electron chi connectivity index (χ1n) is 11.2. The van der Waals surface area contributed by atoms with Crippen molar-refractivity contribution in [1.29, 1.82) is 0 Å². The lowest BCUT2D eigenvalue weighted by atomic mass is 10.0. The van der Waals surface area contributed by atoms with Gasteiger partial charge in [0.1, 0.15) is 5.82 Å². The lowest BCUT2D eigenvalue weighted by Gasteiger charge is -2.34. The average molecular weight is 390 g/mol. The van der Waals surface area contributed by atoms with Crippen LogP contribution in [0.15, 0.2) is 18.3 Å². The molecule has 0 bridgehead atoms. The van der Waals surface area contributed by atoms with Crippen LogP contribution in [-0.2, 0) is 4.74 Å². The van der Waals surface area contributed by atoms with Gasteiger partial charge in [-0.1, -0.05) is 57.8 Å². The maximum atomic E-state index is 12.1. The van der Waals surface area contributed by atoms with Gasteiger partial charge in [0.2, 0.25) is 0 Å². The molecular weight excluding hydrogens is 350 g/mol. The summed E-state index contributed by atoms with van der Waals surface area (Å²) in [5.74, 6) is 0.477. The first-order valence-corrected chi connectivity index (χ1v) is 11.2. The van der Waals surface area contributed by atoms with Crippen molar-refractivity contribution in [3.63, 3.8) is 0 Å². The SMILES string of the molecule is CN(CCCCCCCCCCCCCC(=O)c1cccnc1N)C1COC1. The van der Waals surface area contributed by atoms with Gasteiger partial charge in [0.25, 0.3) is 0 Å². The Morgan fingerprint density at radius 2 is 1.61 bits per heavy atom. The van der Waals surface area contributed by atoms with Crippen LogP contribution in [0.25, 0.3) is 0 Å². The third kappa shape index (κ3) is 8.70. The second kappa shape index (κ2) is 13.7. The van der Waals surface area contributed by atoms with Gasteiger partial charge >= 0.3 is 0 Å². The number of ketones is 1. The molecule has 0 radical (unpaired) electrons. The van der Waals surface area contributed by atoms with E-state index >= 15 is 0 Å². The molecule has 2 rings (SSSR count). The molecule has 1 saturated heterocycles. The molecule has 1 aromatic heterocycles. The Kier molecular flexibility index (Phi) is 11.1. The molecular formula is C23H39N3O2. The number of carbonyl (C=O) groups excluding carboxylic acids is 1. The van der Waals surface area contributed by atoms with Gasteiger partial charge in [-0.2, -0.15) is 0 Å². The number of nitrogens with zero attached hydrogens (tertiary/aromatic N) is 2. The smallest absolute Gasteiger partial charge is 0.166 e. The van der Waals surface area contributed by atoms with Crippen molar-refractivity contribution in [2.24, 2.45) is 0 Å². The second-order valence-electron chi connectivity index (χ2n) is 8.17. The summed E-state index contributed by atoms with van der Waals surface area (Å²) >= 11 is 0. The number of aromatic nitrogens is 1. The Labute approximate surface area is 171 Å².